The summed E-state index contributed by atoms with van der Waals surface area (Å²) in [5.41, 5.74) is 4.01. The lowest BCUT2D eigenvalue weighted by Gasteiger charge is -2.19. The topological polar surface area (TPSA) is 64.3 Å². The predicted molar refractivity (Wildman–Crippen MR) is 124 cm³/mol. The Morgan fingerprint density at radius 1 is 1.03 bits per heavy atom. The molecule has 1 aliphatic rings. The van der Waals surface area contributed by atoms with E-state index >= 15 is 0 Å². The van der Waals surface area contributed by atoms with Crippen molar-refractivity contribution in [3.8, 4) is 5.69 Å². The molecule has 2 aromatic carbocycles. The lowest BCUT2D eigenvalue weighted by Crippen LogP contribution is -2.42. The van der Waals surface area contributed by atoms with Crippen LogP contribution in [0.2, 0.25) is 0 Å². The number of para-hydroxylation sites is 1. The van der Waals surface area contributed by atoms with Gasteiger partial charge < -0.3 is 4.90 Å². The number of nitrogens with zero attached hydrogens (tertiary/aromatic N) is 3. The Balaban J connectivity index is 1.66. The molecule has 3 heterocycles. The molecule has 0 unspecified atom stereocenters. The van der Waals surface area contributed by atoms with Crippen LogP contribution in [0.15, 0.2) is 63.5 Å². The Morgan fingerprint density at radius 2 is 1.84 bits per heavy atom. The van der Waals surface area contributed by atoms with E-state index in [9.17, 15) is 14.4 Å². The van der Waals surface area contributed by atoms with Gasteiger partial charge in [-0.1, -0.05) is 30.3 Å². The molecule has 1 amide bonds. The van der Waals surface area contributed by atoms with Crippen molar-refractivity contribution in [2.45, 2.75) is 26.8 Å². The lowest BCUT2D eigenvalue weighted by atomic mass is 10.1. The molecular weight excluding hydrogens is 410 g/mol. The van der Waals surface area contributed by atoms with E-state index in [1.54, 1.807) is 16.3 Å². The molecule has 31 heavy (non-hydrogen) atoms. The van der Waals surface area contributed by atoms with E-state index in [1.165, 1.54) is 20.5 Å². The highest BCUT2D eigenvalue weighted by Crippen LogP contribution is 2.28. The fourth-order valence-electron chi connectivity index (χ4n) is 4.23. The summed E-state index contributed by atoms with van der Waals surface area (Å²) in [5.74, 6) is -0.161. The van der Waals surface area contributed by atoms with Crippen LogP contribution < -0.4 is 16.1 Å². The summed E-state index contributed by atoms with van der Waals surface area (Å²) < 4.78 is 3.10. The largest absolute Gasteiger partial charge is 0.336 e. The number of hydrogen-bond donors (Lipinski definition) is 0. The molecule has 0 bridgehead atoms. The first-order valence-electron chi connectivity index (χ1n) is 10.1. The third-order valence-corrected chi connectivity index (χ3v) is 6.73. The van der Waals surface area contributed by atoms with Crippen LogP contribution in [-0.4, -0.2) is 21.6 Å². The number of thiophene rings is 1. The molecule has 0 N–H and O–H groups in total. The van der Waals surface area contributed by atoms with Gasteiger partial charge in [-0.25, -0.2) is 9.36 Å². The molecule has 0 aliphatic carbocycles. The summed E-state index contributed by atoms with van der Waals surface area (Å²) in [5, 5.41) is 1.78. The van der Waals surface area contributed by atoms with Crippen molar-refractivity contribution >= 4 is 33.1 Å². The van der Waals surface area contributed by atoms with Gasteiger partial charge in [0, 0.05) is 12.2 Å². The third kappa shape index (κ3) is 3.13. The quantitative estimate of drug-likeness (QED) is 0.499. The van der Waals surface area contributed by atoms with Gasteiger partial charge >= 0.3 is 5.69 Å². The van der Waals surface area contributed by atoms with Gasteiger partial charge in [-0.3, -0.25) is 14.2 Å². The van der Waals surface area contributed by atoms with E-state index < -0.39 is 5.69 Å². The molecule has 0 atom stereocenters. The van der Waals surface area contributed by atoms with Crippen LogP contribution in [0.5, 0.6) is 0 Å². The Bertz CT molecular complexity index is 1460. The number of hydrogen-bond acceptors (Lipinski definition) is 4. The SMILES string of the molecule is Cc1ccc(C)c(-n2c(=O)c3sccc3n(CC(=O)N3CCc4ccccc43)c2=O)c1. The van der Waals surface area contributed by atoms with Crippen molar-refractivity contribution in [3.63, 3.8) is 0 Å². The molecule has 0 spiro atoms. The maximum absolute atomic E-state index is 13.5. The van der Waals surface area contributed by atoms with Crippen molar-refractivity contribution in [1.29, 1.82) is 0 Å². The van der Waals surface area contributed by atoms with Gasteiger partial charge in [-0.15, -0.1) is 11.3 Å². The van der Waals surface area contributed by atoms with E-state index in [-0.39, 0.29) is 18.0 Å². The number of carbonyl (C=O) groups excluding carboxylic acids is 1. The number of rotatable bonds is 3. The number of aromatic nitrogens is 2. The molecule has 7 heteroatoms. The van der Waals surface area contributed by atoms with Crippen molar-refractivity contribution < 1.29 is 4.79 Å². The third-order valence-electron chi connectivity index (χ3n) is 5.84. The number of carbonyl (C=O) groups is 1. The smallest absolute Gasteiger partial charge is 0.310 e. The van der Waals surface area contributed by atoms with Crippen molar-refractivity contribution in [2.24, 2.45) is 0 Å². The van der Waals surface area contributed by atoms with E-state index in [0.717, 1.165) is 28.8 Å². The lowest BCUT2D eigenvalue weighted by molar-refractivity contribution is -0.119. The van der Waals surface area contributed by atoms with Gasteiger partial charge in [0.25, 0.3) is 5.56 Å². The van der Waals surface area contributed by atoms with Crippen molar-refractivity contribution in [3.05, 3.63) is 91.4 Å². The number of benzene rings is 2. The van der Waals surface area contributed by atoms with Gasteiger partial charge in [0.15, 0.2) is 0 Å². The van der Waals surface area contributed by atoms with Crippen LogP contribution in [0.3, 0.4) is 0 Å². The molecule has 0 saturated heterocycles. The van der Waals surface area contributed by atoms with Crippen LogP contribution in [0.25, 0.3) is 15.9 Å². The minimum atomic E-state index is -0.495. The second kappa shape index (κ2) is 7.35. The molecular formula is C24H21N3O3S. The predicted octanol–water partition coefficient (Wildman–Crippen LogP) is 3.42. The molecule has 0 radical (unpaired) electrons. The summed E-state index contributed by atoms with van der Waals surface area (Å²) in [4.78, 5) is 41.7. The molecule has 1 aliphatic heterocycles. The zero-order chi connectivity index (χ0) is 21.7. The van der Waals surface area contributed by atoms with Crippen molar-refractivity contribution in [2.75, 3.05) is 11.4 Å². The summed E-state index contributed by atoms with van der Waals surface area (Å²) >= 11 is 1.29. The van der Waals surface area contributed by atoms with E-state index in [2.05, 4.69) is 0 Å². The van der Waals surface area contributed by atoms with E-state index in [1.807, 2.05) is 56.3 Å². The highest BCUT2D eigenvalue weighted by Gasteiger charge is 2.26. The Hall–Kier alpha value is -3.45. The number of amides is 1. The summed E-state index contributed by atoms with van der Waals surface area (Å²) in [6.45, 7) is 4.27. The van der Waals surface area contributed by atoms with Gasteiger partial charge in [0.05, 0.1) is 11.2 Å². The maximum Gasteiger partial charge on any atom is 0.336 e. The Morgan fingerprint density at radius 3 is 2.68 bits per heavy atom. The molecule has 2 aromatic heterocycles. The van der Waals surface area contributed by atoms with E-state index in [0.29, 0.717) is 22.4 Å². The highest BCUT2D eigenvalue weighted by molar-refractivity contribution is 7.17. The van der Waals surface area contributed by atoms with E-state index in [4.69, 9.17) is 0 Å². The Kier molecular flexibility index (Phi) is 4.63. The minimum absolute atomic E-state index is 0.119. The molecule has 0 fully saturated rings. The number of aryl methyl sites for hydroxylation is 2. The zero-order valence-electron chi connectivity index (χ0n) is 17.3. The first-order chi connectivity index (χ1) is 15.0. The minimum Gasteiger partial charge on any atom is -0.310 e. The van der Waals surface area contributed by atoms with Gasteiger partial charge in [-0.2, -0.15) is 0 Å². The van der Waals surface area contributed by atoms with Gasteiger partial charge in [0.2, 0.25) is 5.91 Å². The molecule has 5 rings (SSSR count). The monoisotopic (exact) mass is 431 g/mol. The first kappa shape index (κ1) is 19.5. The van der Waals surface area contributed by atoms with Crippen LogP contribution in [0, 0.1) is 13.8 Å². The van der Waals surface area contributed by atoms with Crippen LogP contribution in [0.1, 0.15) is 16.7 Å². The second-order valence-electron chi connectivity index (χ2n) is 7.86. The normalized spacial score (nSPS) is 13.0. The number of anilines is 1. The fraction of sp³-hybridized carbons (Fsp3) is 0.208. The molecule has 4 aromatic rings. The zero-order valence-corrected chi connectivity index (χ0v) is 18.1. The summed E-state index contributed by atoms with van der Waals surface area (Å²) in [7, 11) is 0. The van der Waals surface area contributed by atoms with Crippen LogP contribution in [-0.2, 0) is 17.8 Å². The fourth-order valence-corrected chi connectivity index (χ4v) is 5.05. The average Bonchev–Trinajstić information content (AvgIpc) is 3.41. The number of fused-ring (bicyclic) bond motifs is 2. The molecule has 0 saturated carbocycles. The molecule has 156 valence electrons. The maximum atomic E-state index is 13.5. The highest BCUT2D eigenvalue weighted by atomic mass is 32.1. The summed E-state index contributed by atoms with van der Waals surface area (Å²) in [6, 6.07) is 15.2. The molecule has 6 nitrogen and oxygen atoms in total. The second-order valence-corrected chi connectivity index (χ2v) is 8.77. The standard InChI is InChI=1S/C24H21N3O3S/c1-15-7-8-16(2)20(13-15)27-23(29)22-19(10-12-31-22)26(24(27)30)14-21(28)25-11-9-17-5-3-4-6-18(17)25/h3-8,10,12-13H,9,11,14H2,1-2H3. The van der Waals surface area contributed by atoms with Gasteiger partial charge in [-0.05, 0) is 60.5 Å². The Labute approximate surface area is 182 Å². The van der Waals surface area contributed by atoms with Crippen LogP contribution in [0.4, 0.5) is 5.69 Å². The first-order valence-corrected chi connectivity index (χ1v) is 11.0. The van der Waals surface area contributed by atoms with Crippen LogP contribution >= 0.6 is 11.3 Å². The summed E-state index contributed by atoms with van der Waals surface area (Å²) in [6.07, 6.45) is 0.798. The van der Waals surface area contributed by atoms with Crippen molar-refractivity contribution in [1.82, 2.24) is 9.13 Å². The average molecular weight is 432 g/mol. The van der Waals surface area contributed by atoms with Gasteiger partial charge in [0.1, 0.15) is 11.2 Å².